The van der Waals surface area contributed by atoms with E-state index in [2.05, 4.69) is 21.2 Å². The van der Waals surface area contributed by atoms with E-state index in [-0.39, 0.29) is 23.4 Å². The molecule has 2 amide bonds. The molecule has 2 atom stereocenters. The van der Waals surface area contributed by atoms with Crippen molar-refractivity contribution in [3.63, 3.8) is 0 Å². The summed E-state index contributed by atoms with van der Waals surface area (Å²) in [4.78, 5) is 28.6. The number of hydrogen-bond donors (Lipinski definition) is 1. The topological polar surface area (TPSA) is 86.8 Å². The normalized spacial score (nSPS) is 12.8. The van der Waals surface area contributed by atoms with E-state index in [1.807, 2.05) is 13.8 Å². The molecule has 208 valence electrons. The average Bonchev–Trinajstić information content (AvgIpc) is 2.93. The van der Waals surface area contributed by atoms with Gasteiger partial charge in [-0.1, -0.05) is 60.1 Å². The highest BCUT2D eigenvalue weighted by molar-refractivity contribution is 9.10. The van der Waals surface area contributed by atoms with E-state index in [9.17, 15) is 22.4 Å². The maximum atomic E-state index is 14.0. The third kappa shape index (κ3) is 7.89. The summed E-state index contributed by atoms with van der Waals surface area (Å²) in [5.74, 6) is -1.31. The molecule has 3 rings (SSSR count). The zero-order chi connectivity index (χ0) is 28.6. The van der Waals surface area contributed by atoms with Crippen LogP contribution in [0.2, 0.25) is 0 Å². The van der Waals surface area contributed by atoms with Crippen LogP contribution in [0, 0.1) is 5.82 Å². The highest BCUT2D eigenvalue weighted by atomic mass is 79.9. The molecule has 0 unspecified atom stereocenters. The van der Waals surface area contributed by atoms with E-state index >= 15 is 0 Å². The lowest BCUT2D eigenvalue weighted by molar-refractivity contribution is -0.140. The maximum Gasteiger partial charge on any atom is 0.264 e. The van der Waals surface area contributed by atoms with Crippen LogP contribution >= 0.6 is 15.9 Å². The Balaban J connectivity index is 2.03. The summed E-state index contributed by atoms with van der Waals surface area (Å²) in [5.41, 5.74) is 0.912. The number of rotatable bonds is 12. The molecule has 3 aromatic rings. The fourth-order valence-corrected chi connectivity index (χ4v) is 5.70. The number of anilines is 1. The van der Waals surface area contributed by atoms with Crippen LogP contribution in [0.3, 0.4) is 0 Å². The summed E-state index contributed by atoms with van der Waals surface area (Å²) in [6.07, 6.45) is 1.01. The smallest absolute Gasteiger partial charge is 0.264 e. The number of sulfonamides is 1. The van der Waals surface area contributed by atoms with Gasteiger partial charge in [-0.15, -0.1) is 0 Å². The maximum absolute atomic E-state index is 14.0. The van der Waals surface area contributed by atoms with Crippen LogP contribution in [-0.4, -0.2) is 43.8 Å². The number of nitrogens with one attached hydrogen (secondary N) is 1. The van der Waals surface area contributed by atoms with Gasteiger partial charge < -0.3 is 10.2 Å². The van der Waals surface area contributed by atoms with Gasteiger partial charge in [-0.2, -0.15) is 0 Å². The number of carbonyl (C=O) groups is 2. The van der Waals surface area contributed by atoms with Crippen molar-refractivity contribution in [1.82, 2.24) is 10.2 Å². The molecule has 0 bridgehead atoms. The van der Waals surface area contributed by atoms with Crippen molar-refractivity contribution >= 4 is 43.5 Å². The molecule has 0 aliphatic rings. The van der Waals surface area contributed by atoms with Crippen LogP contribution in [-0.2, 0) is 26.2 Å². The molecule has 0 aliphatic heterocycles. The first-order valence-electron chi connectivity index (χ1n) is 12.7. The third-order valence-corrected chi connectivity index (χ3v) is 8.69. The lowest BCUT2D eigenvalue weighted by Crippen LogP contribution is -2.53. The van der Waals surface area contributed by atoms with E-state index in [1.54, 1.807) is 61.5 Å². The van der Waals surface area contributed by atoms with Crippen molar-refractivity contribution < 1.29 is 22.4 Å². The Hall–Kier alpha value is -3.24. The molecule has 7 nitrogen and oxygen atoms in total. The molecule has 1 N–H and O–H groups in total. The van der Waals surface area contributed by atoms with Gasteiger partial charge in [0.2, 0.25) is 11.8 Å². The predicted molar refractivity (Wildman–Crippen MR) is 154 cm³/mol. The summed E-state index contributed by atoms with van der Waals surface area (Å²) in [6.45, 7) is 5.08. The minimum absolute atomic E-state index is 0.00507. The minimum Gasteiger partial charge on any atom is -0.352 e. The van der Waals surface area contributed by atoms with E-state index in [1.165, 1.54) is 29.2 Å². The third-order valence-electron chi connectivity index (χ3n) is 6.38. The van der Waals surface area contributed by atoms with E-state index in [4.69, 9.17) is 0 Å². The quantitative estimate of drug-likeness (QED) is 0.290. The standard InChI is InChI=1S/C29H33BrFN3O4S/c1-4-21(3)32-29(36)27(5-2)33(19-22-11-15-24(31)16-12-22)28(35)20-34(25-17-13-23(30)14-18-25)39(37,38)26-9-7-6-8-10-26/h6-18,21,27H,4-5,19-20H2,1-3H3,(H,32,36)/t21-,27+/m1/s1. The van der Waals surface area contributed by atoms with Gasteiger partial charge in [-0.05, 0) is 73.9 Å². The van der Waals surface area contributed by atoms with Gasteiger partial charge in [0, 0.05) is 17.1 Å². The monoisotopic (exact) mass is 617 g/mol. The molecule has 0 aliphatic carbocycles. The van der Waals surface area contributed by atoms with Gasteiger partial charge in [0.1, 0.15) is 18.4 Å². The predicted octanol–water partition coefficient (Wildman–Crippen LogP) is 5.51. The number of nitrogens with zero attached hydrogens (tertiary/aromatic N) is 2. The van der Waals surface area contributed by atoms with Crippen molar-refractivity contribution in [3.8, 4) is 0 Å². The first kappa shape index (κ1) is 30.3. The highest BCUT2D eigenvalue weighted by Gasteiger charge is 2.33. The van der Waals surface area contributed by atoms with Gasteiger partial charge in [0.25, 0.3) is 10.0 Å². The summed E-state index contributed by atoms with van der Waals surface area (Å²) in [7, 11) is -4.13. The van der Waals surface area contributed by atoms with Crippen molar-refractivity contribution in [1.29, 1.82) is 0 Å². The van der Waals surface area contributed by atoms with Gasteiger partial charge in [-0.25, -0.2) is 12.8 Å². The molecule has 0 radical (unpaired) electrons. The molecule has 10 heteroatoms. The molecule has 0 saturated heterocycles. The zero-order valence-corrected chi connectivity index (χ0v) is 24.6. The molecule has 39 heavy (non-hydrogen) atoms. The molecule has 0 saturated carbocycles. The van der Waals surface area contributed by atoms with Crippen molar-refractivity contribution in [2.45, 2.75) is 57.1 Å². The molecule has 0 aromatic heterocycles. The average molecular weight is 619 g/mol. The minimum atomic E-state index is -4.13. The largest absolute Gasteiger partial charge is 0.352 e. The van der Waals surface area contributed by atoms with E-state index < -0.39 is 34.3 Å². The van der Waals surface area contributed by atoms with Crippen molar-refractivity contribution in [2.75, 3.05) is 10.8 Å². The van der Waals surface area contributed by atoms with E-state index in [0.29, 0.717) is 24.1 Å². The van der Waals surface area contributed by atoms with Gasteiger partial charge in [-0.3, -0.25) is 13.9 Å². The lowest BCUT2D eigenvalue weighted by Gasteiger charge is -2.33. The summed E-state index contributed by atoms with van der Waals surface area (Å²) in [6, 6.07) is 19.2. The lowest BCUT2D eigenvalue weighted by atomic mass is 10.1. The Bertz CT molecular complexity index is 1350. The summed E-state index contributed by atoms with van der Waals surface area (Å²) < 4.78 is 42.9. The highest BCUT2D eigenvalue weighted by Crippen LogP contribution is 2.26. The molecular formula is C29H33BrFN3O4S. The van der Waals surface area contributed by atoms with Crippen LogP contribution in [0.25, 0.3) is 0 Å². The Morgan fingerprint density at radius 1 is 0.923 bits per heavy atom. The number of benzene rings is 3. The first-order valence-corrected chi connectivity index (χ1v) is 15.0. The fraction of sp³-hybridized carbons (Fsp3) is 0.310. The van der Waals surface area contributed by atoms with Gasteiger partial charge in [0.05, 0.1) is 10.6 Å². The zero-order valence-electron chi connectivity index (χ0n) is 22.2. The van der Waals surface area contributed by atoms with Gasteiger partial charge in [0.15, 0.2) is 0 Å². The number of amides is 2. The second-order valence-electron chi connectivity index (χ2n) is 9.19. The molecule has 3 aromatic carbocycles. The number of hydrogen-bond acceptors (Lipinski definition) is 4. The Labute approximate surface area is 238 Å². The molecule has 0 spiro atoms. The molecule has 0 fully saturated rings. The Kier molecular flexibility index (Phi) is 10.7. The number of carbonyl (C=O) groups excluding carboxylic acids is 2. The van der Waals surface area contributed by atoms with Gasteiger partial charge >= 0.3 is 0 Å². The van der Waals surface area contributed by atoms with E-state index in [0.717, 1.165) is 8.78 Å². The Morgan fingerprint density at radius 3 is 2.10 bits per heavy atom. The van der Waals surface area contributed by atoms with Crippen LogP contribution in [0.1, 0.15) is 39.2 Å². The second-order valence-corrected chi connectivity index (χ2v) is 12.0. The van der Waals surface area contributed by atoms with Crippen LogP contribution in [0.5, 0.6) is 0 Å². The van der Waals surface area contributed by atoms with Crippen LogP contribution < -0.4 is 9.62 Å². The van der Waals surface area contributed by atoms with Crippen molar-refractivity contribution in [2.24, 2.45) is 0 Å². The van der Waals surface area contributed by atoms with Crippen LogP contribution in [0.4, 0.5) is 10.1 Å². The Morgan fingerprint density at radius 2 is 1.54 bits per heavy atom. The SMILES string of the molecule is CC[C@@H](C)NC(=O)[C@H](CC)N(Cc1ccc(F)cc1)C(=O)CN(c1ccc(Br)cc1)S(=O)(=O)c1ccccc1. The van der Waals surface area contributed by atoms with Crippen LogP contribution in [0.15, 0.2) is 88.2 Å². The molecule has 0 heterocycles. The fourth-order valence-electron chi connectivity index (χ4n) is 4.00. The number of halogens is 2. The summed E-state index contributed by atoms with van der Waals surface area (Å²) in [5, 5.41) is 2.93. The molecular weight excluding hydrogens is 585 g/mol. The summed E-state index contributed by atoms with van der Waals surface area (Å²) >= 11 is 3.36. The first-order chi connectivity index (χ1) is 18.6. The second kappa shape index (κ2) is 13.7. The van der Waals surface area contributed by atoms with Crippen molar-refractivity contribution in [3.05, 3.63) is 94.7 Å².